The summed E-state index contributed by atoms with van der Waals surface area (Å²) < 4.78 is 55.5. The van der Waals surface area contributed by atoms with Crippen molar-refractivity contribution in [2.45, 2.75) is 33.5 Å². The van der Waals surface area contributed by atoms with E-state index in [1.807, 2.05) is 32.9 Å². The van der Waals surface area contributed by atoms with Gasteiger partial charge in [-0.1, -0.05) is 29.8 Å². The lowest BCUT2D eigenvalue weighted by molar-refractivity contribution is -0.143. The predicted octanol–water partition coefficient (Wildman–Crippen LogP) is 4.89. The van der Waals surface area contributed by atoms with Crippen LogP contribution in [0.15, 0.2) is 42.6 Å². The fourth-order valence-electron chi connectivity index (χ4n) is 3.35. The van der Waals surface area contributed by atoms with Crippen molar-refractivity contribution in [1.29, 1.82) is 0 Å². The van der Waals surface area contributed by atoms with E-state index in [4.69, 9.17) is 0 Å². The highest BCUT2D eigenvalue weighted by atomic mass is 19.4. The van der Waals surface area contributed by atoms with E-state index in [-0.39, 0.29) is 12.2 Å². The van der Waals surface area contributed by atoms with Crippen LogP contribution >= 0.6 is 0 Å². The summed E-state index contributed by atoms with van der Waals surface area (Å²) in [6.45, 7) is 5.76. The zero-order chi connectivity index (χ0) is 21.3. The second-order valence-corrected chi connectivity index (χ2v) is 6.83. The fraction of sp³-hybridized carbons (Fsp3) is 0.238. The maximum absolute atomic E-state index is 14.0. The molecule has 3 rings (SSSR count). The Hall–Kier alpha value is -3.16. The molecule has 29 heavy (non-hydrogen) atoms. The van der Waals surface area contributed by atoms with E-state index in [9.17, 15) is 22.4 Å². The number of para-hydroxylation sites is 1. The van der Waals surface area contributed by atoms with Gasteiger partial charge < -0.3 is 5.32 Å². The van der Waals surface area contributed by atoms with Gasteiger partial charge in [0.25, 0.3) is 5.91 Å². The average molecular weight is 405 g/mol. The first-order valence-electron chi connectivity index (χ1n) is 8.84. The zero-order valence-corrected chi connectivity index (χ0v) is 16.1. The molecule has 2 aromatic carbocycles. The van der Waals surface area contributed by atoms with Gasteiger partial charge in [0.2, 0.25) is 0 Å². The van der Waals surface area contributed by atoms with E-state index in [0.29, 0.717) is 4.68 Å². The Balaban J connectivity index is 1.95. The van der Waals surface area contributed by atoms with Crippen LogP contribution in [-0.4, -0.2) is 15.7 Å². The molecular weight excluding hydrogens is 386 g/mol. The van der Waals surface area contributed by atoms with Gasteiger partial charge in [0.1, 0.15) is 11.5 Å². The zero-order valence-electron chi connectivity index (χ0n) is 16.1. The fourth-order valence-corrected chi connectivity index (χ4v) is 3.35. The minimum absolute atomic E-state index is 0.0684. The number of aryl methyl sites for hydroxylation is 3. The number of halogens is 4. The third-order valence-corrected chi connectivity index (χ3v) is 4.63. The lowest BCUT2D eigenvalue weighted by atomic mass is 10.00. The number of amides is 1. The topological polar surface area (TPSA) is 46.9 Å². The SMILES string of the molecule is Cc1cc(C)c(CNC(=O)c2cnn(-c3ccccc3F)c2C(F)(F)F)c(C)c1. The standard InChI is InChI=1S/C21H19F4N3O/c1-12-8-13(2)15(14(3)9-12)10-26-20(29)16-11-27-28(19(16)21(23,24)25)18-7-5-4-6-17(18)22/h4-9,11H,10H2,1-3H3,(H,26,29). The van der Waals surface area contributed by atoms with Crippen molar-refractivity contribution in [3.05, 3.63) is 81.9 Å². The van der Waals surface area contributed by atoms with Crippen LogP contribution in [0.4, 0.5) is 17.6 Å². The van der Waals surface area contributed by atoms with Crippen molar-refractivity contribution >= 4 is 5.91 Å². The number of hydrogen-bond acceptors (Lipinski definition) is 2. The number of hydrogen-bond donors (Lipinski definition) is 1. The maximum atomic E-state index is 14.0. The van der Waals surface area contributed by atoms with Gasteiger partial charge in [0, 0.05) is 6.54 Å². The van der Waals surface area contributed by atoms with Crippen molar-refractivity contribution in [3.8, 4) is 5.69 Å². The van der Waals surface area contributed by atoms with Gasteiger partial charge in [-0.2, -0.15) is 18.3 Å². The molecule has 152 valence electrons. The van der Waals surface area contributed by atoms with E-state index in [0.717, 1.165) is 40.6 Å². The summed E-state index contributed by atoms with van der Waals surface area (Å²) in [4.78, 5) is 12.5. The third kappa shape index (κ3) is 4.16. The molecule has 8 heteroatoms. The summed E-state index contributed by atoms with van der Waals surface area (Å²) in [6, 6.07) is 8.81. The van der Waals surface area contributed by atoms with E-state index >= 15 is 0 Å². The van der Waals surface area contributed by atoms with Crippen molar-refractivity contribution in [2.24, 2.45) is 0 Å². The number of rotatable bonds is 4. The molecule has 0 fully saturated rings. The van der Waals surface area contributed by atoms with E-state index in [1.54, 1.807) is 0 Å². The minimum atomic E-state index is -4.90. The number of carbonyl (C=O) groups is 1. The Morgan fingerprint density at radius 3 is 2.31 bits per heavy atom. The molecule has 0 aliphatic heterocycles. The van der Waals surface area contributed by atoms with Crippen LogP contribution in [0.2, 0.25) is 0 Å². The molecule has 3 aromatic rings. The van der Waals surface area contributed by atoms with Crippen molar-refractivity contribution < 1.29 is 22.4 Å². The van der Waals surface area contributed by atoms with Gasteiger partial charge in [-0.15, -0.1) is 0 Å². The molecular formula is C21H19F4N3O. The lowest BCUT2D eigenvalue weighted by Crippen LogP contribution is -2.27. The quantitative estimate of drug-likeness (QED) is 0.629. The van der Waals surface area contributed by atoms with Crippen LogP contribution in [-0.2, 0) is 12.7 Å². The summed E-state index contributed by atoms with van der Waals surface area (Å²) in [6.07, 6.45) is -4.10. The van der Waals surface area contributed by atoms with Crippen molar-refractivity contribution in [1.82, 2.24) is 15.1 Å². The largest absolute Gasteiger partial charge is 0.434 e. The van der Waals surface area contributed by atoms with Crippen molar-refractivity contribution in [2.75, 3.05) is 0 Å². The number of carbonyl (C=O) groups excluding carboxylic acids is 1. The summed E-state index contributed by atoms with van der Waals surface area (Å²) in [7, 11) is 0. The Morgan fingerprint density at radius 2 is 1.72 bits per heavy atom. The second-order valence-electron chi connectivity index (χ2n) is 6.83. The summed E-state index contributed by atoms with van der Waals surface area (Å²) in [5, 5.41) is 6.15. The number of alkyl halides is 3. The minimum Gasteiger partial charge on any atom is -0.348 e. The molecule has 1 aromatic heterocycles. The molecule has 0 unspecified atom stereocenters. The van der Waals surface area contributed by atoms with Gasteiger partial charge in [-0.3, -0.25) is 4.79 Å². The maximum Gasteiger partial charge on any atom is 0.434 e. The Labute approximate surface area is 165 Å². The normalized spacial score (nSPS) is 11.6. The molecule has 0 atom stereocenters. The number of benzene rings is 2. The van der Waals surface area contributed by atoms with Crippen LogP contribution in [0.5, 0.6) is 0 Å². The molecule has 0 aliphatic rings. The van der Waals surface area contributed by atoms with Gasteiger partial charge in [-0.05, 0) is 49.6 Å². The molecule has 1 amide bonds. The summed E-state index contributed by atoms with van der Waals surface area (Å²) in [5.74, 6) is -1.81. The van der Waals surface area contributed by atoms with Crippen LogP contribution in [0, 0.1) is 26.6 Å². The highest BCUT2D eigenvalue weighted by molar-refractivity contribution is 5.95. The lowest BCUT2D eigenvalue weighted by Gasteiger charge is -2.14. The van der Waals surface area contributed by atoms with Gasteiger partial charge in [0.05, 0.1) is 11.8 Å². The molecule has 1 N–H and O–H groups in total. The Bertz CT molecular complexity index is 1050. The monoisotopic (exact) mass is 405 g/mol. The van der Waals surface area contributed by atoms with Crippen molar-refractivity contribution in [3.63, 3.8) is 0 Å². The molecule has 0 saturated heterocycles. The second kappa shape index (κ2) is 7.69. The van der Waals surface area contributed by atoms with Gasteiger partial charge in [-0.25, -0.2) is 9.07 Å². The first-order valence-corrected chi connectivity index (χ1v) is 8.84. The van der Waals surface area contributed by atoms with E-state index in [1.165, 1.54) is 12.1 Å². The Morgan fingerprint density at radius 1 is 1.10 bits per heavy atom. The van der Waals surface area contributed by atoms with E-state index in [2.05, 4.69) is 10.4 Å². The number of aromatic nitrogens is 2. The predicted molar refractivity (Wildman–Crippen MR) is 100 cm³/mol. The molecule has 0 radical (unpaired) electrons. The van der Waals surface area contributed by atoms with Crippen LogP contribution in [0.25, 0.3) is 5.69 Å². The number of nitrogens with one attached hydrogen (secondary N) is 1. The molecule has 0 aliphatic carbocycles. The molecule has 0 spiro atoms. The van der Waals surface area contributed by atoms with Crippen LogP contribution in [0.1, 0.15) is 38.3 Å². The number of nitrogens with zero attached hydrogens (tertiary/aromatic N) is 2. The Kier molecular flexibility index (Phi) is 5.46. The van der Waals surface area contributed by atoms with Gasteiger partial charge in [0.15, 0.2) is 5.69 Å². The molecule has 4 nitrogen and oxygen atoms in total. The molecule has 0 saturated carbocycles. The molecule has 1 heterocycles. The molecule has 0 bridgehead atoms. The smallest absolute Gasteiger partial charge is 0.348 e. The van der Waals surface area contributed by atoms with Gasteiger partial charge >= 0.3 is 6.18 Å². The highest BCUT2D eigenvalue weighted by Crippen LogP contribution is 2.34. The average Bonchev–Trinajstić information content (AvgIpc) is 3.06. The third-order valence-electron chi connectivity index (χ3n) is 4.63. The highest BCUT2D eigenvalue weighted by Gasteiger charge is 2.41. The first kappa shape index (κ1) is 20.6. The van der Waals surface area contributed by atoms with Crippen LogP contribution < -0.4 is 5.32 Å². The van der Waals surface area contributed by atoms with Crippen LogP contribution in [0.3, 0.4) is 0 Å². The first-order chi connectivity index (χ1) is 13.6. The summed E-state index contributed by atoms with van der Waals surface area (Å²) in [5.41, 5.74) is 1.38. The van der Waals surface area contributed by atoms with E-state index < -0.39 is 29.2 Å². The summed E-state index contributed by atoms with van der Waals surface area (Å²) >= 11 is 0.